The summed E-state index contributed by atoms with van der Waals surface area (Å²) in [5.74, 6) is 0.771. The number of ether oxygens (including phenoxy) is 2. The molecule has 0 spiro atoms. The van der Waals surface area contributed by atoms with Gasteiger partial charge in [0.2, 0.25) is 0 Å². The molecule has 1 aliphatic heterocycles. The maximum absolute atomic E-state index is 12.0. The van der Waals surface area contributed by atoms with Crippen molar-refractivity contribution >= 4 is 22.6 Å². The molecule has 0 N–H and O–H groups in total. The van der Waals surface area contributed by atoms with Gasteiger partial charge in [0.05, 0.1) is 25.4 Å². The zero-order valence-electron chi connectivity index (χ0n) is 24.3. The van der Waals surface area contributed by atoms with Crippen molar-refractivity contribution in [3.63, 3.8) is 0 Å². The van der Waals surface area contributed by atoms with E-state index in [1.807, 2.05) is 6.92 Å². The number of rotatable bonds is 19. The average molecular weight is 529 g/mol. The van der Waals surface area contributed by atoms with Crippen molar-refractivity contribution in [1.82, 2.24) is 0 Å². The summed E-state index contributed by atoms with van der Waals surface area (Å²) in [6.07, 6.45) is 8.16. The van der Waals surface area contributed by atoms with E-state index in [9.17, 15) is 4.79 Å². The zero-order valence-corrected chi connectivity index (χ0v) is 26.3. The van der Waals surface area contributed by atoms with Gasteiger partial charge in [0.1, 0.15) is 11.7 Å². The van der Waals surface area contributed by atoms with Crippen LogP contribution in [0.15, 0.2) is 11.8 Å². The second-order valence-electron chi connectivity index (χ2n) is 10.2. The van der Waals surface area contributed by atoms with Crippen molar-refractivity contribution in [1.29, 1.82) is 0 Å². The Hall–Kier alpha value is -0.636. The lowest BCUT2D eigenvalue weighted by Crippen LogP contribution is -2.56. The molecule has 0 aromatic rings. The first-order chi connectivity index (χ1) is 16.8. The van der Waals surface area contributed by atoms with Crippen LogP contribution in [-0.2, 0) is 23.1 Å². The normalized spacial score (nSPS) is 19.7. The molecule has 1 rings (SSSR count). The van der Waals surface area contributed by atoms with Gasteiger partial charge in [-0.05, 0) is 74.9 Å². The zero-order chi connectivity index (χ0) is 26.4. The largest absolute Gasteiger partial charge is 0.489 e. The van der Waals surface area contributed by atoms with Gasteiger partial charge in [-0.15, -0.1) is 0 Å². The van der Waals surface area contributed by atoms with Gasteiger partial charge in [-0.25, -0.2) is 0 Å². The van der Waals surface area contributed by atoms with Crippen molar-refractivity contribution in [2.24, 2.45) is 0 Å². The molecule has 0 aliphatic carbocycles. The predicted molar refractivity (Wildman–Crippen MR) is 152 cm³/mol. The molecule has 2 atom stereocenters. The molecule has 1 heterocycles. The summed E-state index contributed by atoms with van der Waals surface area (Å²) in [4.78, 5) is 12.0. The standard InChI is InChI=1S/C28H56O5Si2/c1-9-17-22-28(23-18-19-25(32-28)20-21-27(29)30-10-2)26(33-35(14-6,15-7)16-8)24-31-34(11-3,12-4)13-5/h19,26H,9-18,20-24H2,1-8H3/t26-,28+/m0/s1. The van der Waals surface area contributed by atoms with Crippen LogP contribution in [-0.4, -0.2) is 47.5 Å². The first-order valence-electron chi connectivity index (χ1n) is 14.6. The Labute approximate surface area is 219 Å². The molecule has 0 bridgehead atoms. The summed E-state index contributed by atoms with van der Waals surface area (Å²) in [6, 6.07) is 6.76. The molecule has 0 aromatic heterocycles. The third-order valence-corrected chi connectivity index (χ3v) is 17.8. The third-order valence-electron chi connectivity index (χ3n) is 8.49. The van der Waals surface area contributed by atoms with E-state index in [2.05, 4.69) is 54.5 Å². The van der Waals surface area contributed by atoms with E-state index >= 15 is 0 Å². The van der Waals surface area contributed by atoms with Gasteiger partial charge in [0.15, 0.2) is 16.6 Å². The molecule has 0 radical (unpaired) electrons. The highest BCUT2D eigenvalue weighted by atomic mass is 28.4. The van der Waals surface area contributed by atoms with Crippen LogP contribution in [0.4, 0.5) is 0 Å². The number of esters is 1. The van der Waals surface area contributed by atoms with Crippen LogP contribution in [0.5, 0.6) is 0 Å². The molecule has 0 saturated heterocycles. The van der Waals surface area contributed by atoms with Gasteiger partial charge in [-0.2, -0.15) is 0 Å². The molecular formula is C28H56O5Si2. The van der Waals surface area contributed by atoms with Crippen molar-refractivity contribution in [3.8, 4) is 0 Å². The molecule has 0 aromatic carbocycles. The lowest BCUT2D eigenvalue weighted by atomic mass is 9.84. The molecule has 5 nitrogen and oxygen atoms in total. The SMILES string of the molecule is CCCC[C@]1([C@H](CO[Si](CC)(CC)CC)O[Si](CC)(CC)CC)CCC=C(CCC(=O)OCC)O1. The summed E-state index contributed by atoms with van der Waals surface area (Å²) < 4.78 is 26.2. The van der Waals surface area contributed by atoms with E-state index in [1.54, 1.807) is 0 Å². The monoisotopic (exact) mass is 528 g/mol. The molecule has 7 heteroatoms. The smallest absolute Gasteiger partial charge is 0.306 e. The Kier molecular flexibility index (Phi) is 15.0. The van der Waals surface area contributed by atoms with Crippen LogP contribution in [0, 0.1) is 0 Å². The minimum absolute atomic E-state index is 0.0663. The number of carbonyl (C=O) groups excluding carboxylic acids is 1. The van der Waals surface area contributed by atoms with Crippen LogP contribution < -0.4 is 0 Å². The van der Waals surface area contributed by atoms with E-state index in [0.29, 0.717) is 26.1 Å². The highest BCUT2D eigenvalue weighted by Crippen LogP contribution is 2.41. The molecule has 0 unspecified atom stereocenters. The molecule has 206 valence electrons. The summed E-state index contributed by atoms with van der Waals surface area (Å²) >= 11 is 0. The average Bonchev–Trinajstić information content (AvgIpc) is 2.89. The molecule has 35 heavy (non-hydrogen) atoms. The van der Waals surface area contributed by atoms with Gasteiger partial charge in [0.25, 0.3) is 0 Å². The van der Waals surface area contributed by atoms with Crippen molar-refractivity contribution < 1.29 is 23.1 Å². The summed E-state index contributed by atoms with van der Waals surface area (Å²) in [6.45, 7) is 18.9. The van der Waals surface area contributed by atoms with E-state index in [0.717, 1.165) is 74.1 Å². The minimum atomic E-state index is -1.88. The first kappa shape index (κ1) is 32.4. The number of allylic oxidation sites excluding steroid dienone is 2. The Bertz CT molecular complexity index is 614. The van der Waals surface area contributed by atoms with Crippen molar-refractivity contribution in [2.75, 3.05) is 13.2 Å². The highest BCUT2D eigenvalue weighted by molar-refractivity contribution is 6.74. The molecular weight excluding hydrogens is 472 g/mol. The second-order valence-corrected chi connectivity index (χ2v) is 19.7. The third kappa shape index (κ3) is 9.31. The van der Waals surface area contributed by atoms with Crippen LogP contribution in [0.1, 0.15) is 100 Å². The fraction of sp³-hybridized carbons (Fsp3) is 0.893. The van der Waals surface area contributed by atoms with E-state index in [-0.39, 0.29) is 17.7 Å². The Morgan fingerprint density at radius 2 is 1.57 bits per heavy atom. The number of hydrogen-bond donors (Lipinski definition) is 0. The van der Waals surface area contributed by atoms with Crippen LogP contribution in [0.25, 0.3) is 0 Å². The first-order valence-corrected chi connectivity index (χ1v) is 19.7. The topological polar surface area (TPSA) is 54.0 Å². The summed E-state index contributed by atoms with van der Waals surface area (Å²) in [5.41, 5.74) is -0.387. The van der Waals surface area contributed by atoms with Crippen molar-refractivity contribution in [3.05, 3.63) is 11.8 Å². The number of unbranched alkanes of at least 4 members (excludes halogenated alkanes) is 1. The van der Waals surface area contributed by atoms with Gasteiger partial charge in [-0.1, -0.05) is 54.9 Å². The van der Waals surface area contributed by atoms with Crippen molar-refractivity contribution in [2.45, 2.75) is 148 Å². The van der Waals surface area contributed by atoms with Gasteiger partial charge in [-0.3, -0.25) is 4.79 Å². The summed E-state index contributed by atoms with van der Waals surface area (Å²) in [7, 11) is -3.65. The summed E-state index contributed by atoms with van der Waals surface area (Å²) in [5, 5.41) is 0. The fourth-order valence-electron chi connectivity index (χ4n) is 5.39. The van der Waals surface area contributed by atoms with Gasteiger partial charge < -0.3 is 18.3 Å². The molecule has 0 amide bonds. The van der Waals surface area contributed by atoms with Gasteiger partial charge in [0, 0.05) is 6.42 Å². The van der Waals surface area contributed by atoms with E-state index < -0.39 is 16.6 Å². The lowest BCUT2D eigenvalue weighted by Gasteiger charge is -2.48. The van der Waals surface area contributed by atoms with E-state index in [1.165, 1.54) is 0 Å². The minimum Gasteiger partial charge on any atom is -0.489 e. The van der Waals surface area contributed by atoms with E-state index in [4.69, 9.17) is 18.3 Å². The molecule has 0 fully saturated rings. The predicted octanol–water partition coefficient (Wildman–Crippen LogP) is 8.37. The van der Waals surface area contributed by atoms with Crippen LogP contribution in [0.3, 0.4) is 0 Å². The molecule has 0 saturated carbocycles. The number of carbonyl (C=O) groups is 1. The fourth-order valence-corrected chi connectivity index (χ4v) is 10.9. The second kappa shape index (κ2) is 16.3. The van der Waals surface area contributed by atoms with Crippen LogP contribution >= 0.6 is 0 Å². The molecule has 1 aliphatic rings. The highest BCUT2D eigenvalue weighted by Gasteiger charge is 2.47. The Balaban J connectivity index is 3.30. The maximum Gasteiger partial charge on any atom is 0.306 e. The van der Waals surface area contributed by atoms with Crippen LogP contribution in [0.2, 0.25) is 36.3 Å². The Morgan fingerprint density at radius 1 is 0.971 bits per heavy atom. The quantitative estimate of drug-likeness (QED) is 0.124. The Morgan fingerprint density at radius 3 is 2.09 bits per heavy atom. The maximum atomic E-state index is 12.0. The number of hydrogen-bond acceptors (Lipinski definition) is 5. The lowest BCUT2D eigenvalue weighted by molar-refractivity contribution is -0.144. The van der Waals surface area contributed by atoms with Gasteiger partial charge >= 0.3 is 5.97 Å².